The Kier molecular flexibility index (Phi) is 9.44. The van der Waals surface area contributed by atoms with E-state index in [0.717, 1.165) is 7.11 Å². The van der Waals surface area contributed by atoms with E-state index in [9.17, 15) is 28.0 Å². The first-order chi connectivity index (χ1) is 21.9. The molecule has 238 valence electrons. The van der Waals surface area contributed by atoms with E-state index < -0.39 is 58.9 Å². The molecule has 4 aromatic rings. The fourth-order valence-corrected chi connectivity index (χ4v) is 5.79. The third kappa shape index (κ3) is 6.74. The van der Waals surface area contributed by atoms with Crippen molar-refractivity contribution in [2.45, 2.75) is 43.9 Å². The number of anilines is 1. The monoisotopic (exact) mass is 656 g/mol. The highest BCUT2D eigenvalue weighted by molar-refractivity contribution is 6.33. The first-order valence-corrected chi connectivity index (χ1v) is 14.6. The lowest BCUT2D eigenvalue weighted by Crippen LogP contribution is -2.45. The van der Waals surface area contributed by atoms with Gasteiger partial charge in [0.05, 0.1) is 24.3 Å². The van der Waals surface area contributed by atoms with Crippen molar-refractivity contribution in [1.82, 2.24) is 10.3 Å². The van der Waals surface area contributed by atoms with Gasteiger partial charge in [0.1, 0.15) is 29.3 Å². The van der Waals surface area contributed by atoms with Gasteiger partial charge in [-0.05, 0) is 54.7 Å². The summed E-state index contributed by atoms with van der Waals surface area (Å²) in [6, 6.07) is 11.4. The van der Waals surface area contributed by atoms with Gasteiger partial charge >= 0.3 is 12.1 Å². The molecule has 1 heterocycles. The lowest BCUT2D eigenvalue weighted by Gasteiger charge is -2.36. The molecule has 1 saturated carbocycles. The second-order valence-electron chi connectivity index (χ2n) is 10.9. The number of amides is 1. The molecular formula is C33H26ClF5N4O3. The largest absolute Gasteiger partial charge is 0.467 e. The minimum Gasteiger partial charge on any atom is -0.467 e. The maximum absolute atomic E-state index is 15.1. The van der Waals surface area contributed by atoms with Crippen molar-refractivity contribution in [3.63, 3.8) is 0 Å². The second kappa shape index (κ2) is 13.3. The number of pyridine rings is 1. The van der Waals surface area contributed by atoms with E-state index in [0.29, 0.717) is 69.6 Å². The van der Waals surface area contributed by atoms with Crippen LogP contribution in [0.1, 0.15) is 40.7 Å². The molecule has 0 unspecified atom stereocenters. The van der Waals surface area contributed by atoms with Gasteiger partial charge in [-0.15, -0.1) is 0 Å². The van der Waals surface area contributed by atoms with Crippen molar-refractivity contribution >= 4 is 40.1 Å². The number of rotatable bonds is 9. The van der Waals surface area contributed by atoms with Gasteiger partial charge in [0, 0.05) is 39.8 Å². The van der Waals surface area contributed by atoms with Crippen molar-refractivity contribution < 1.29 is 36.3 Å². The number of nitriles is 1. The molecule has 13 heteroatoms. The topological polar surface area (TPSA) is 104 Å². The van der Waals surface area contributed by atoms with Crippen molar-refractivity contribution in [2.75, 3.05) is 12.4 Å². The van der Waals surface area contributed by atoms with E-state index in [-0.39, 0.29) is 6.42 Å². The molecule has 0 bridgehead atoms. The number of ether oxygens (including phenoxy) is 1. The predicted octanol–water partition coefficient (Wildman–Crippen LogP) is 7.36. The number of benzene rings is 3. The summed E-state index contributed by atoms with van der Waals surface area (Å²) in [5.74, 6) is -5.74. The van der Waals surface area contributed by atoms with Gasteiger partial charge in [0.2, 0.25) is 0 Å². The fourth-order valence-electron chi connectivity index (χ4n) is 5.51. The van der Waals surface area contributed by atoms with Crippen molar-refractivity contribution in [2.24, 2.45) is 5.92 Å². The Morgan fingerprint density at radius 2 is 1.78 bits per heavy atom. The molecule has 1 aromatic heterocycles. The first-order valence-electron chi connectivity index (χ1n) is 14.2. The van der Waals surface area contributed by atoms with Crippen LogP contribution in [0.3, 0.4) is 0 Å². The number of nitrogens with zero attached hydrogens (tertiary/aromatic N) is 2. The smallest absolute Gasteiger partial charge is 0.408 e. The van der Waals surface area contributed by atoms with Crippen molar-refractivity contribution in [1.29, 1.82) is 5.26 Å². The van der Waals surface area contributed by atoms with Gasteiger partial charge in [-0.3, -0.25) is 9.78 Å². The molecule has 1 fully saturated rings. The van der Waals surface area contributed by atoms with Gasteiger partial charge in [0.25, 0.3) is 5.91 Å². The van der Waals surface area contributed by atoms with Crippen LogP contribution in [0, 0.1) is 28.9 Å². The Morgan fingerprint density at radius 3 is 2.37 bits per heavy atom. The lowest BCUT2D eigenvalue weighted by atomic mass is 9.79. The zero-order valence-electron chi connectivity index (χ0n) is 24.2. The van der Waals surface area contributed by atoms with Crippen LogP contribution in [-0.4, -0.2) is 42.2 Å². The molecule has 0 saturated heterocycles. The summed E-state index contributed by atoms with van der Waals surface area (Å²) in [4.78, 5) is 30.3. The van der Waals surface area contributed by atoms with Crippen molar-refractivity contribution in [3.05, 3.63) is 94.1 Å². The Labute approximate surface area is 265 Å². The van der Waals surface area contributed by atoms with E-state index in [4.69, 9.17) is 16.3 Å². The number of alkyl halides is 3. The number of halogens is 6. The van der Waals surface area contributed by atoms with Crippen molar-refractivity contribution in [3.8, 4) is 17.2 Å². The molecule has 46 heavy (non-hydrogen) atoms. The summed E-state index contributed by atoms with van der Waals surface area (Å²) in [5, 5.41) is 14.6. The number of methoxy groups -OCH3 is 1. The number of hydrogen-bond acceptors (Lipinski definition) is 6. The number of nitrogens with one attached hydrogen (secondary N) is 2. The minimum absolute atomic E-state index is 0.167. The Bertz CT molecular complexity index is 1830. The summed E-state index contributed by atoms with van der Waals surface area (Å²) in [6.45, 7) is 0. The average Bonchev–Trinajstić information content (AvgIpc) is 2.98. The summed E-state index contributed by atoms with van der Waals surface area (Å²) in [6.07, 6.45) is -1.97. The number of esters is 1. The van der Waals surface area contributed by atoms with E-state index in [2.05, 4.69) is 15.6 Å². The van der Waals surface area contributed by atoms with Gasteiger partial charge in [0.15, 0.2) is 0 Å². The molecule has 2 N–H and O–H groups in total. The first kappa shape index (κ1) is 32.6. The van der Waals surface area contributed by atoms with Crippen LogP contribution in [0.15, 0.2) is 60.8 Å². The molecule has 5 rings (SSSR count). The highest BCUT2D eigenvalue weighted by atomic mass is 35.5. The quantitative estimate of drug-likeness (QED) is 0.144. The van der Waals surface area contributed by atoms with Crippen LogP contribution in [0.25, 0.3) is 22.0 Å². The zero-order chi connectivity index (χ0) is 33.2. The third-order valence-corrected chi connectivity index (χ3v) is 8.34. The summed E-state index contributed by atoms with van der Waals surface area (Å²) < 4.78 is 75.8. The standard InChI is InChI=1S/C33H26ClF5N4O3/c1-46-32(45)27(13-19-8-10-23(29-21(19)6-3-11-41-29)22-9-7-17(16-40)12-24(22)34)43-31(44)28-25(35)14-20(15-26(28)36)42-30(33(37,38)39)18-4-2-5-18/h3,6-12,14-15,18,27,30,42H,2,4-5,13H2,1H3,(H,43,44)/t27-,30+/m0/s1. The van der Waals surface area contributed by atoms with Gasteiger partial charge in [-0.25, -0.2) is 13.6 Å². The summed E-state index contributed by atoms with van der Waals surface area (Å²) >= 11 is 6.44. The second-order valence-corrected chi connectivity index (χ2v) is 11.3. The number of hydrogen-bond donors (Lipinski definition) is 2. The molecule has 7 nitrogen and oxygen atoms in total. The maximum Gasteiger partial charge on any atom is 0.408 e. The van der Waals surface area contributed by atoms with Gasteiger partial charge in [-0.1, -0.05) is 42.3 Å². The van der Waals surface area contributed by atoms with E-state index in [1.54, 1.807) is 42.6 Å². The number of carbonyl (C=O) groups is 2. The van der Waals surface area contributed by atoms with Crippen LogP contribution in [-0.2, 0) is 16.0 Å². The zero-order valence-corrected chi connectivity index (χ0v) is 25.0. The van der Waals surface area contributed by atoms with E-state index >= 15 is 8.78 Å². The van der Waals surface area contributed by atoms with Crippen LogP contribution < -0.4 is 10.6 Å². The van der Waals surface area contributed by atoms with E-state index in [1.165, 1.54) is 6.07 Å². The molecule has 0 radical (unpaired) electrons. The third-order valence-electron chi connectivity index (χ3n) is 8.03. The molecule has 2 atom stereocenters. The van der Waals surface area contributed by atoms with Crippen LogP contribution in [0.2, 0.25) is 5.02 Å². The summed E-state index contributed by atoms with van der Waals surface area (Å²) in [5.41, 5.74) is 1.11. The predicted molar refractivity (Wildman–Crippen MR) is 161 cm³/mol. The molecule has 1 amide bonds. The molecule has 1 aliphatic rings. The Morgan fingerprint density at radius 1 is 1.09 bits per heavy atom. The van der Waals surface area contributed by atoms with Crippen LogP contribution >= 0.6 is 11.6 Å². The Hall–Kier alpha value is -4.76. The van der Waals surface area contributed by atoms with Gasteiger partial charge in [-0.2, -0.15) is 18.4 Å². The minimum atomic E-state index is -4.64. The molecule has 0 aliphatic heterocycles. The molecule has 3 aromatic carbocycles. The highest BCUT2D eigenvalue weighted by Gasteiger charge is 2.46. The van der Waals surface area contributed by atoms with E-state index in [1.807, 2.05) is 6.07 Å². The molecule has 1 aliphatic carbocycles. The Balaban J connectivity index is 1.41. The number of carbonyl (C=O) groups excluding carboxylic acids is 2. The van der Waals surface area contributed by atoms with Crippen LogP contribution in [0.4, 0.5) is 27.6 Å². The maximum atomic E-state index is 15.1. The highest BCUT2D eigenvalue weighted by Crippen LogP contribution is 2.39. The number of fused-ring (bicyclic) bond motifs is 1. The number of aromatic nitrogens is 1. The van der Waals surface area contributed by atoms with Crippen LogP contribution in [0.5, 0.6) is 0 Å². The molecule has 0 spiro atoms. The average molecular weight is 657 g/mol. The summed E-state index contributed by atoms with van der Waals surface area (Å²) in [7, 11) is 1.08. The van der Waals surface area contributed by atoms with Gasteiger partial charge < -0.3 is 15.4 Å². The lowest BCUT2D eigenvalue weighted by molar-refractivity contribution is -0.159. The SMILES string of the molecule is COC(=O)[C@H](Cc1ccc(-c2ccc(C#N)cc2Cl)c2ncccc12)NC(=O)c1c(F)cc(N[C@H](C2CCC2)C(F)(F)F)cc1F. The normalized spacial score (nSPS) is 14.6. The molecular weight excluding hydrogens is 631 g/mol. The fraction of sp³-hybridized carbons (Fsp3) is 0.273.